The third kappa shape index (κ3) is 4.43. The highest BCUT2D eigenvalue weighted by atomic mass is 16.3. The SMILES string of the molecule is CCCC(CCC)N(CC)C(O)CC. The molecule has 0 aliphatic rings. The van der Waals surface area contributed by atoms with Crippen LogP contribution >= 0.6 is 0 Å². The molecular formula is C12H27NO. The Balaban J connectivity index is 4.24. The minimum atomic E-state index is -0.247. The van der Waals surface area contributed by atoms with Crippen LogP contribution in [0, 0.1) is 0 Å². The third-order valence-electron chi connectivity index (χ3n) is 2.83. The molecule has 2 heteroatoms. The molecule has 1 unspecified atom stereocenters. The van der Waals surface area contributed by atoms with Crippen LogP contribution in [0.4, 0.5) is 0 Å². The summed E-state index contributed by atoms with van der Waals surface area (Å²) in [7, 11) is 0. The van der Waals surface area contributed by atoms with Crippen LogP contribution in [0.3, 0.4) is 0 Å². The van der Waals surface area contributed by atoms with Gasteiger partial charge in [-0.25, -0.2) is 0 Å². The molecule has 0 saturated heterocycles. The van der Waals surface area contributed by atoms with Gasteiger partial charge in [0.05, 0.1) is 0 Å². The Bertz CT molecular complexity index is 121. The van der Waals surface area contributed by atoms with Gasteiger partial charge >= 0.3 is 0 Å². The van der Waals surface area contributed by atoms with Crippen LogP contribution in [0.5, 0.6) is 0 Å². The standard InChI is InChI=1S/C12H27NO/c1-5-9-11(10-6-2)13(8-4)12(14)7-3/h11-12,14H,5-10H2,1-4H3. The van der Waals surface area contributed by atoms with E-state index in [0.717, 1.165) is 13.0 Å². The van der Waals surface area contributed by atoms with Gasteiger partial charge in [0, 0.05) is 6.04 Å². The molecule has 0 rings (SSSR count). The van der Waals surface area contributed by atoms with Crippen LogP contribution in [-0.2, 0) is 0 Å². The Morgan fingerprint density at radius 2 is 1.50 bits per heavy atom. The average Bonchev–Trinajstić information content (AvgIpc) is 2.19. The quantitative estimate of drug-likeness (QED) is 0.610. The van der Waals surface area contributed by atoms with Crippen molar-refractivity contribution in [2.45, 2.75) is 72.1 Å². The van der Waals surface area contributed by atoms with Crippen molar-refractivity contribution >= 4 is 0 Å². The van der Waals surface area contributed by atoms with Crippen molar-refractivity contribution in [2.75, 3.05) is 6.54 Å². The zero-order valence-electron chi connectivity index (χ0n) is 10.3. The zero-order valence-corrected chi connectivity index (χ0v) is 10.3. The van der Waals surface area contributed by atoms with E-state index in [1.165, 1.54) is 25.7 Å². The Kier molecular flexibility index (Phi) is 8.20. The van der Waals surface area contributed by atoms with E-state index >= 15 is 0 Å². The number of hydrogen-bond donors (Lipinski definition) is 1. The molecule has 0 aliphatic heterocycles. The summed E-state index contributed by atoms with van der Waals surface area (Å²) in [6, 6.07) is 0.574. The van der Waals surface area contributed by atoms with E-state index in [9.17, 15) is 5.11 Å². The molecule has 0 bridgehead atoms. The smallest absolute Gasteiger partial charge is 0.107 e. The van der Waals surface area contributed by atoms with Crippen LogP contribution < -0.4 is 0 Å². The molecule has 0 aromatic heterocycles. The first-order valence-electron chi connectivity index (χ1n) is 6.14. The number of aliphatic hydroxyl groups excluding tert-OH is 1. The molecule has 0 fully saturated rings. The van der Waals surface area contributed by atoms with Crippen molar-refractivity contribution in [3.63, 3.8) is 0 Å². The summed E-state index contributed by atoms with van der Waals surface area (Å²) in [5.74, 6) is 0. The van der Waals surface area contributed by atoms with Gasteiger partial charge in [0.15, 0.2) is 0 Å². The Hall–Kier alpha value is -0.0800. The first-order valence-corrected chi connectivity index (χ1v) is 6.14. The van der Waals surface area contributed by atoms with Gasteiger partial charge in [-0.1, -0.05) is 40.5 Å². The van der Waals surface area contributed by atoms with Gasteiger partial charge in [-0.15, -0.1) is 0 Å². The van der Waals surface area contributed by atoms with Crippen molar-refractivity contribution < 1.29 is 5.11 Å². The van der Waals surface area contributed by atoms with Gasteiger partial charge in [0.2, 0.25) is 0 Å². The van der Waals surface area contributed by atoms with Crippen LogP contribution in [0.1, 0.15) is 59.8 Å². The highest BCUT2D eigenvalue weighted by Gasteiger charge is 2.20. The zero-order chi connectivity index (χ0) is 11.0. The first-order chi connectivity index (χ1) is 6.71. The lowest BCUT2D eigenvalue weighted by Gasteiger charge is -2.34. The number of aliphatic hydroxyl groups is 1. The van der Waals surface area contributed by atoms with Crippen molar-refractivity contribution in [2.24, 2.45) is 0 Å². The summed E-state index contributed by atoms with van der Waals surface area (Å²) < 4.78 is 0. The number of rotatable bonds is 8. The van der Waals surface area contributed by atoms with Gasteiger partial charge in [0.1, 0.15) is 6.23 Å². The molecule has 2 nitrogen and oxygen atoms in total. The maximum absolute atomic E-state index is 9.87. The maximum Gasteiger partial charge on any atom is 0.107 e. The van der Waals surface area contributed by atoms with Crippen molar-refractivity contribution in [1.29, 1.82) is 0 Å². The van der Waals surface area contributed by atoms with E-state index in [4.69, 9.17) is 0 Å². The van der Waals surface area contributed by atoms with E-state index in [1.54, 1.807) is 0 Å². The minimum Gasteiger partial charge on any atom is -0.378 e. The topological polar surface area (TPSA) is 23.5 Å². The minimum absolute atomic E-state index is 0.247. The molecule has 0 radical (unpaired) electrons. The van der Waals surface area contributed by atoms with Gasteiger partial charge < -0.3 is 5.11 Å². The lowest BCUT2D eigenvalue weighted by atomic mass is 10.0. The van der Waals surface area contributed by atoms with Gasteiger partial charge in [-0.3, -0.25) is 4.90 Å². The fraction of sp³-hybridized carbons (Fsp3) is 1.00. The highest BCUT2D eigenvalue weighted by molar-refractivity contribution is 4.71. The first kappa shape index (κ1) is 13.9. The second kappa shape index (κ2) is 8.25. The largest absolute Gasteiger partial charge is 0.378 e. The Morgan fingerprint density at radius 1 is 1.00 bits per heavy atom. The molecule has 1 atom stereocenters. The van der Waals surface area contributed by atoms with Gasteiger partial charge in [0.25, 0.3) is 0 Å². The molecule has 0 saturated carbocycles. The molecule has 0 heterocycles. The Morgan fingerprint density at radius 3 is 1.79 bits per heavy atom. The highest BCUT2D eigenvalue weighted by Crippen LogP contribution is 2.16. The third-order valence-corrected chi connectivity index (χ3v) is 2.83. The van der Waals surface area contributed by atoms with E-state index < -0.39 is 0 Å². The van der Waals surface area contributed by atoms with E-state index in [1.807, 2.05) is 6.92 Å². The predicted octanol–water partition coefficient (Wildman–Crippen LogP) is 3.01. The van der Waals surface area contributed by atoms with E-state index in [2.05, 4.69) is 25.7 Å². The maximum atomic E-state index is 9.87. The monoisotopic (exact) mass is 201 g/mol. The van der Waals surface area contributed by atoms with Gasteiger partial charge in [-0.2, -0.15) is 0 Å². The fourth-order valence-electron chi connectivity index (χ4n) is 2.09. The lowest BCUT2D eigenvalue weighted by Crippen LogP contribution is -2.42. The molecule has 0 amide bonds. The number of nitrogens with zero attached hydrogens (tertiary/aromatic N) is 1. The van der Waals surface area contributed by atoms with Crippen molar-refractivity contribution in [1.82, 2.24) is 4.90 Å². The summed E-state index contributed by atoms with van der Waals surface area (Å²) >= 11 is 0. The average molecular weight is 201 g/mol. The van der Waals surface area contributed by atoms with E-state index in [0.29, 0.717) is 6.04 Å². The second-order valence-corrected chi connectivity index (χ2v) is 3.95. The summed E-state index contributed by atoms with van der Waals surface area (Å²) in [5, 5.41) is 9.87. The Labute approximate surface area is 89.3 Å². The molecule has 1 N–H and O–H groups in total. The summed E-state index contributed by atoms with van der Waals surface area (Å²) in [4.78, 5) is 2.24. The normalized spacial score (nSPS) is 13.9. The van der Waals surface area contributed by atoms with Gasteiger partial charge in [-0.05, 0) is 25.8 Å². The summed E-state index contributed by atoms with van der Waals surface area (Å²) in [6.07, 6.45) is 5.41. The van der Waals surface area contributed by atoms with E-state index in [-0.39, 0.29) is 6.23 Å². The van der Waals surface area contributed by atoms with Crippen molar-refractivity contribution in [3.05, 3.63) is 0 Å². The second-order valence-electron chi connectivity index (χ2n) is 3.95. The lowest BCUT2D eigenvalue weighted by molar-refractivity contribution is -0.0285. The molecule has 0 aromatic rings. The summed E-state index contributed by atoms with van der Waals surface area (Å²) in [6.45, 7) is 9.57. The predicted molar refractivity (Wildman–Crippen MR) is 62.3 cm³/mol. The molecular weight excluding hydrogens is 174 g/mol. The molecule has 0 spiro atoms. The van der Waals surface area contributed by atoms with Crippen LogP contribution in [0.25, 0.3) is 0 Å². The summed E-state index contributed by atoms with van der Waals surface area (Å²) in [5.41, 5.74) is 0. The molecule has 14 heavy (non-hydrogen) atoms. The fourth-order valence-corrected chi connectivity index (χ4v) is 2.09. The molecule has 0 aliphatic carbocycles. The molecule has 0 aromatic carbocycles. The molecule has 86 valence electrons. The van der Waals surface area contributed by atoms with Crippen LogP contribution in [-0.4, -0.2) is 28.8 Å². The van der Waals surface area contributed by atoms with Crippen molar-refractivity contribution in [3.8, 4) is 0 Å². The number of hydrogen-bond acceptors (Lipinski definition) is 2. The van der Waals surface area contributed by atoms with Crippen LogP contribution in [0.15, 0.2) is 0 Å². The van der Waals surface area contributed by atoms with Crippen LogP contribution in [0.2, 0.25) is 0 Å².